The first-order valence-electron chi connectivity index (χ1n) is 5.51. The summed E-state index contributed by atoms with van der Waals surface area (Å²) < 4.78 is 0. The van der Waals surface area contributed by atoms with Crippen LogP contribution < -0.4 is 0 Å². The second kappa shape index (κ2) is 5.69. The molecule has 0 aliphatic rings. The number of hydrogen-bond acceptors (Lipinski definition) is 2. The third kappa shape index (κ3) is 3.46. The summed E-state index contributed by atoms with van der Waals surface area (Å²) in [6, 6.07) is 16.3. The van der Waals surface area contributed by atoms with Crippen LogP contribution in [0, 0.1) is 6.92 Å². The molecule has 0 aliphatic heterocycles. The third-order valence-corrected chi connectivity index (χ3v) is 3.63. The Morgan fingerprint density at radius 3 is 2.24 bits per heavy atom. The predicted octanol–water partition coefficient (Wildman–Crippen LogP) is 4.10. The van der Waals surface area contributed by atoms with E-state index in [9.17, 15) is 4.79 Å². The smallest absolute Gasteiger partial charge is 0.150 e. The summed E-state index contributed by atoms with van der Waals surface area (Å²) in [4.78, 5) is 11.7. The quantitative estimate of drug-likeness (QED) is 0.593. The zero-order valence-electron chi connectivity index (χ0n) is 9.72. The summed E-state index contributed by atoms with van der Waals surface area (Å²) in [6.07, 6.45) is 0.869. The average Bonchev–Trinajstić information content (AvgIpc) is 2.39. The first-order valence-corrected chi connectivity index (χ1v) is 6.50. The van der Waals surface area contributed by atoms with E-state index in [0.717, 1.165) is 17.6 Å². The van der Waals surface area contributed by atoms with Crippen molar-refractivity contribution in [3.05, 3.63) is 65.2 Å². The summed E-state index contributed by atoms with van der Waals surface area (Å²) >= 11 is 1.78. The van der Waals surface area contributed by atoms with Crippen LogP contribution in [0.2, 0.25) is 0 Å². The van der Waals surface area contributed by atoms with Gasteiger partial charge in [-0.1, -0.05) is 42.0 Å². The summed E-state index contributed by atoms with van der Waals surface area (Å²) in [5, 5.41) is 0. The first kappa shape index (κ1) is 11.9. The van der Waals surface area contributed by atoms with Crippen LogP contribution in [0.1, 0.15) is 21.5 Å². The van der Waals surface area contributed by atoms with E-state index in [1.807, 2.05) is 24.3 Å². The summed E-state index contributed by atoms with van der Waals surface area (Å²) in [6.45, 7) is 2.09. The normalized spacial score (nSPS) is 10.2. The predicted molar refractivity (Wildman–Crippen MR) is 72.6 cm³/mol. The third-order valence-electron chi connectivity index (χ3n) is 2.54. The molecule has 2 heteroatoms. The zero-order valence-corrected chi connectivity index (χ0v) is 10.5. The Morgan fingerprint density at radius 1 is 1.00 bits per heavy atom. The Hall–Kier alpha value is -1.54. The standard InChI is InChI=1S/C15H14OS/c1-12-2-4-14(5-3-12)11-17-15-8-6-13(10-16)7-9-15/h2-10H,11H2,1H3. The van der Waals surface area contributed by atoms with E-state index in [1.165, 1.54) is 16.0 Å². The number of carbonyl (C=O) groups excluding carboxylic acids is 1. The summed E-state index contributed by atoms with van der Waals surface area (Å²) in [5.74, 6) is 0.959. The molecule has 0 N–H and O–H groups in total. The molecule has 0 aromatic heterocycles. The molecule has 0 fully saturated rings. The minimum atomic E-state index is 0.727. The van der Waals surface area contributed by atoms with Crippen LogP contribution in [-0.4, -0.2) is 6.29 Å². The van der Waals surface area contributed by atoms with Gasteiger partial charge >= 0.3 is 0 Å². The second-order valence-corrected chi connectivity index (χ2v) is 5.01. The van der Waals surface area contributed by atoms with Gasteiger partial charge in [-0.25, -0.2) is 0 Å². The molecule has 0 unspecified atom stereocenters. The number of aryl methyl sites for hydroxylation is 1. The molecule has 0 heterocycles. The molecular formula is C15H14OS. The number of rotatable bonds is 4. The van der Waals surface area contributed by atoms with Gasteiger partial charge in [0.25, 0.3) is 0 Å². The fraction of sp³-hybridized carbons (Fsp3) is 0.133. The molecule has 0 bridgehead atoms. The highest BCUT2D eigenvalue weighted by atomic mass is 32.2. The van der Waals surface area contributed by atoms with Crippen LogP contribution in [0.15, 0.2) is 53.4 Å². The molecule has 17 heavy (non-hydrogen) atoms. The van der Waals surface area contributed by atoms with E-state index in [1.54, 1.807) is 11.8 Å². The maximum Gasteiger partial charge on any atom is 0.150 e. The van der Waals surface area contributed by atoms with Crippen molar-refractivity contribution in [1.29, 1.82) is 0 Å². The van der Waals surface area contributed by atoms with Gasteiger partial charge in [-0.15, -0.1) is 11.8 Å². The van der Waals surface area contributed by atoms with E-state index >= 15 is 0 Å². The fourth-order valence-corrected chi connectivity index (χ4v) is 2.35. The summed E-state index contributed by atoms with van der Waals surface area (Å²) in [5.41, 5.74) is 3.33. The minimum Gasteiger partial charge on any atom is -0.298 e. The molecule has 86 valence electrons. The lowest BCUT2D eigenvalue weighted by atomic mass is 10.2. The van der Waals surface area contributed by atoms with Gasteiger partial charge in [0.1, 0.15) is 6.29 Å². The van der Waals surface area contributed by atoms with Crippen LogP contribution in [0.3, 0.4) is 0 Å². The number of carbonyl (C=O) groups is 1. The number of benzene rings is 2. The maximum atomic E-state index is 10.5. The largest absolute Gasteiger partial charge is 0.298 e. The van der Waals surface area contributed by atoms with Crippen molar-refractivity contribution in [2.45, 2.75) is 17.6 Å². The van der Waals surface area contributed by atoms with Gasteiger partial charge < -0.3 is 0 Å². The number of hydrogen-bond donors (Lipinski definition) is 0. The lowest BCUT2D eigenvalue weighted by Crippen LogP contribution is -1.82. The van der Waals surface area contributed by atoms with E-state index in [0.29, 0.717) is 0 Å². The monoisotopic (exact) mass is 242 g/mol. The first-order chi connectivity index (χ1) is 8.28. The van der Waals surface area contributed by atoms with Crippen molar-refractivity contribution < 1.29 is 4.79 Å². The van der Waals surface area contributed by atoms with E-state index in [2.05, 4.69) is 31.2 Å². The molecule has 2 rings (SSSR count). The Bertz CT molecular complexity index is 485. The Kier molecular flexibility index (Phi) is 3.99. The van der Waals surface area contributed by atoms with Crippen LogP contribution in [0.5, 0.6) is 0 Å². The molecule has 0 saturated carbocycles. The average molecular weight is 242 g/mol. The van der Waals surface area contributed by atoms with Gasteiger partial charge in [0.2, 0.25) is 0 Å². The molecule has 0 spiro atoms. The fourth-order valence-electron chi connectivity index (χ4n) is 1.49. The van der Waals surface area contributed by atoms with E-state index < -0.39 is 0 Å². The molecule has 0 atom stereocenters. The molecule has 1 nitrogen and oxygen atoms in total. The van der Waals surface area contributed by atoms with Crippen LogP contribution in [-0.2, 0) is 5.75 Å². The highest BCUT2D eigenvalue weighted by molar-refractivity contribution is 7.98. The van der Waals surface area contributed by atoms with Crippen molar-refractivity contribution in [3.63, 3.8) is 0 Å². The van der Waals surface area contributed by atoms with Gasteiger partial charge in [0.15, 0.2) is 0 Å². The molecule has 0 amide bonds. The van der Waals surface area contributed by atoms with Gasteiger partial charge in [0.05, 0.1) is 0 Å². The molecule has 0 radical (unpaired) electrons. The van der Waals surface area contributed by atoms with Crippen molar-refractivity contribution in [2.24, 2.45) is 0 Å². The molecule has 2 aromatic carbocycles. The lowest BCUT2D eigenvalue weighted by Gasteiger charge is -2.02. The Labute approximate surface area is 106 Å². The van der Waals surface area contributed by atoms with Crippen molar-refractivity contribution in [3.8, 4) is 0 Å². The van der Waals surface area contributed by atoms with E-state index in [-0.39, 0.29) is 0 Å². The maximum absolute atomic E-state index is 10.5. The van der Waals surface area contributed by atoms with Crippen molar-refractivity contribution in [1.82, 2.24) is 0 Å². The van der Waals surface area contributed by atoms with Gasteiger partial charge in [-0.2, -0.15) is 0 Å². The SMILES string of the molecule is Cc1ccc(CSc2ccc(C=O)cc2)cc1. The second-order valence-electron chi connectivity index (χ2n) is 3.96. The topological polar surface area (TPSA) is 17.1 Å². The molecular weight excluding hydrogens is 228 g/mol. The highest BCUT2D eigenvalue weighted by Crippen LogP contribution is 2.22. The van der Waals surface area contributed by atoms with Crippen LogP contribution in [0.25, 0.3) is 0 Å². The molecule has 0 aliphatic carbocycles. The molecule has 0 saturated heterocycles. The van der Waals surface area contributed by atoms with Crippen LogP contribution >= 0.6 is 11.8 Å². The number of aldehydes is 1. The summed E-state index contributed by atoms with van der Waals surface area (Å²) in [7, 11) is 0. The Morgan fingerprint density at radius 2 is 1.65 bits per heavy atom. The Balaban J connectivity index is 1.97. The van der Waals surface area contributed by atoms with Crippen molar-refractivity contribution >= 4 is 18.0 Å². The van der Waals surface area contributed by atoms with Gasteiger partial charge in [-0.05, 0) is 24.6 Å². The van der Waals surface area contributed by atoms with Crippen LogP contribution in [0.4, 0.5) is 0 Å². The zero-order chi connectivity index (χ0) is 12.1. The minimum absolute atomic E-state index is 0.727. The highest BCUT2D eigenvalue weighted by Gasteiger charge is 1.97. The van der Waals surface area contributed by atoms with Crippen molar-refractivity contribution in [2.75, 3.05) is 0 Å². The lowest BCUT2D eigenvalue weighted by molar-refractivity contribution is 0.112. The number of thioether (sulfide) groups is 1. The van der Waals surface area contributed by atoms with Gasteiger partial charge in [-0.3, -0.25) is 4.79 Å². The molecule has 2 aromatic rings. The van der Waals surface area contributed by atoms with E-state index in [4.69, 9.17) is 0 Å². The van der Waals surface area contributed by atoms with Gasteiger partial charge in [0, 0.05) is 16.2 Å².